The normalized spacial score (nSPS) is 12.1. The summed E-state index contributed by atoms with van der Waals surface area (Å²) < 4.78 is 1.36. The molecule has 0 aliphatic carbocycles. The molecule has 1 atom stereocenters. The second-order valence-electron chi connectivity index (χ2n) is 2.81. The van der Waals surface area contributed by atoms with Gasteiger partial charge in [-0.15, -0.1) is 5.10 Å². The van der Waals surface area contributed by atoms with Gasteiger partial charge in [0, 0.05) is 6.54 Å². The van der Waals surface area contributed by atoms with E-state index in [0.717, 1.165) is 0 Å². The first-order valence-corrected chi connectivity index (χ1v) is 4.33. The minimum Gasteiger partial charge on any atom is -0.355 e. The smallest absolute Gasteiger partial charge is 0.244 e. The van der Waals surface area contributed by atoms with Crippen molar-refractivity contribution in [3.05, 3.63) is 11.9 Å². The fraction of sp³-hybridized carbons (Fsp3) is 0.500. The molecule has 1 heterocycles. The van der Waals surface area contributed by atoms with E-state index in [1.807, 2.05) is 6.92 Å². The van der Waals surface area contributed by atoms with Gasteiger partial charge in [0.05, 0.1) is 6.20 Å². The molecule has 1 aromatic heterocycles. The number of amides is 1. The maximum atomic E-state index is 11.4. The van der Waals surface area contributed by atoms with Gasteiger partial charge in [-0.3, -0.25) is 9.59 Å². The van der Waals surface area contributed by atoms with Crippen molar-refractivity contribution in [1.29, 1.82) is 0 Å². The number of aldehydes is 1. The summed E-state index contributed by atoms with van der Waals surface area (Å²) in [7, 11) is 0. The molecule has 6 nitrogen and oxygen atoms in total. The lowest BCUT2D eigenvalue weighted by atomic mass is 10.3. The summed E-state index contributed by atoms with van der Waals surface area (Å²) in [6.07, 6.45) is 2.03. The van der Waals surface area contributed by atoms with Crippen molar-refractivity contribution in [2.45, 2.75) is 19.9 Å². The summed E-state index contributed by atoms with van der Waals surface area (Å²) in [4.78, 5) is 21.7. The number of hydrogen-bond acceptors (Lipinski definition) is 4. The van der Waals surface area contributed by atoms with Crippen molar-refractivity contribution in [3.63, 3.8) is 0 Å². The van der Waals surface area contributed by atoms with Gasteiger partial charge in [0.1, 0.15) is 11.7 Å². The second kappa shape index (κ2) is 4.50. The molecule has 1 rings (SSSR count). The van der Waals surface area contributed by atoms with Crippen LogP contribution in [0.15, 0.2) is 6.20 Å². The van der Waals surface area contributed by atoms with Gasteiger partial charge in [-0.2, -0.15) is 0 Å². The van der Waals surface area contributed by atoms with Crippen molar-refractivity contribution >= 4 is 12.2 Å². The van der Waals surface area contributed by atoms with E-state index >= 15 is 0 Å². The summed E-state index contributed by atoms with van der Waals surface area (Å²) in [6, 6.07) is -0.448. The molecule has 0 aromatic carbocycles. The number of likely N-dealkylation sites (N-methyl/N-ethyl adjacent to an activating group) is 1. The molecule has 6 heteroatoms. The zero-order valence-corrected chi connectivity index (χ0v) is 8.10. The van der Waals surface area contributed by atoms with Crippen LogP contribution in [0.25, 0.3) is 0 Å². The molecule has 0 saturated carbocycles. The molecule has 1 aromatic rings. The zero-order valence-electron chi connectivity index (χ0n) is 8.10. The topological polar surface area (TPSA) is 76.9 Å². The number of hydrogen-bond donors (Lipinski definition) is 1. The Morgan fingerprint density at radius 2 is 2.50 bits per heavy atom. The van der Waals surface area contributed by atoms with Gasteiger partial charge in [-0.1, -0.05) is 5.21 Å². The third kappa shape index (κ3) is 2.15. The molecule has 0 aliphatic rings. The van der Waals surface area contributed by atoms with E-state index in [9.17, 15) is 9.59 Å². The van der Waals surface area contributed by atoms with E-state index in [0.29, 0.717) is 12.8 Å². The first kappa shape index (κ1) is 10.4. The fourth-order valence-electron chi connectivity index (χ4n) is 0.976. The van der Waals surface area contributed by atoms with Gasteiger partial charge >= 0.3 is 0 Å². The summed E-state index contributed by atoms with van der Waals surface area (Å²) in [5.74, 6) is -0.144. The third-order valence-corrected chi connectivity index (χ3v) is 1.78. The lowest BCUT2D eigenvalue weighted by Gasteiger charge is -2.09. The molecule has 14 heavy (non-hydrogen) atoms. The Labute approximate surface area is 81.3 Å². The number of nitrogens with zero attached hydrogens (tertiary/aromatic N) is 3. The highest BCUT2D eigenvalue weighted by Gasteiger charge is 2.15. The summed E-state index contributed by atoms with van der Waals surface area (Å²) in [5, 5.41) is 9.88. The highest BCUT2D eigenvalue weighted by molar-refractivity contribution is 5.79. The van der Waals surface area contributed by atoms with Crippen LogP contribution in [-0.2, 0) is 4.79 Å². The maximum Gasteiger partial charge on any atom is 0.244 e. The molecule has 0 bridgehead atoms. The Morgan fingerprint density at radius 3 is 3.00 bits per heavy atom. The van der Waals surface area contributed by atoms with Crippen LogP contribution < -0.4 is 5.32 Å². The van der Waals surface area contributed by atoms with Crippen LogP contribution in [0, 0.1) is 0 Å². The molecular weight excluding hydrogens is 184 g/mol. The van der Waals surface area contributed by atoms with Crippen molar-refractivity contribution in [1.82, 2.24) is 20.3 Å². The molecule has 0 radical (unpaired) electrons. The molecule has 0 aliphatic heterocycles. The van der Waals surface area contributed by atoms with E-state index in [4.69, 9.17) is 0 Å². The number of carbonyl (C=O) groups is 2. The Morgan fingerprint density at radius 1 is 1.79 bits per heavy atom. The maximum absolute atomic E-state index is 11.4. The molecule has 1 amide bonds. The quantitative estimate of drug-likeness (QED) is 0.676. The molecule has 1 N–H and O–H groups in total. The Bertz CT molecular complexity index is 334. The third-order valence-electron chi connectivity index (χ3n) is 1.78. The van der Waals surface area contributed by atoms with E-state index in [1.54, 1.807) is 6.92 Å². The Hall–Kier alpha value is -1.72. The number of carbonyl (C=O) groups excluding carboxylic acids is 2. The fourth-order valence-corrected chi connectivity index (χ4v) is 0.976. The van der Waals surface area contributed by atoms with E-state index in [-0.39, 0.29) is 11.6 Å². The highest BCUT2D eigenvalue weighted by Crippen LogP contribution is 2.03. The summed E-state index contributed by atoms with van der Waals surface area (Å²) in [5.41, 5.74) is 0.223. The van der Waals surface area contributed by atoms with Crippen molar-refractivity contribution < 1.29 is 9.59 Å². The van der Waals surface area contributed by atoms with Gasteiger partial charge in [0.2, 0.25) is 5.91 Å². The first-order valence-electron chi connectivity index (χ1n) is 4.33. The van der Waals surface area contributed by atoms with Crippen molar-refractivity contribution in [2.75, 3.05) is 6.54 Å². The lowest BCUT2D eigenvalue weighted by Crippen LogP contribution is -2.31. The molecule has 76 valence electrons. The van der Waals surface area contributed by atoms with E-state index < -0.39 is 6.04 Å². The number of rotatable bonds is 4. The number of aromatic nitrogens is 3. The average molecular weight is 196 g/mol. The Balaban J connectivity index is 2.73. The van der Waals surface area contributed by atoms with E-state index in [1.165, 1.54) is 10.9 Å². The largest absolute Gasteiger partial charge is 0.355 e. The standard InChI is InChI=1S/C8H12N4O2/c1-3-9-8(14)6(2)12-4-7(5-13)10-11-12/h4-6H,3H2,1-2H3,(H,9,14). The molecule has 0 spiro atoms. The lowest BCUT2D eigenvalue weighted by molar-refractivity contribution is -0.124. The van der Waals surface area contributed by atoms with Crippen LogP contribution in [-0.4, -0.2) is 33.7 Å². The van der Waals surface area contributed by atoms with Crippen LogP contribution in [0.5, 0.6) is 0 Å². The SMILES string of the molecule is CCNC(=O)C(C)n1cc(C=O)nn1. The van der Waals surface area contributed by atoms with Crippen LogP contribution >= 0.6 is 0 Å². The summed E-state index contributed by atoms with van der Waals surface area (Å²) >= 11 is 0. The van der Waals surface area contributed by atoms with Gasteiger partial charge < -0.3 is 5.32 Å². The molecule has 0 saturated heterocycles. The Kier molecular flexibility index (Phi) is 3.33. The second-order valence-corrected chi connectivity index (χ2v) is 2.81. The predicted octanol–water partition coefficient (Wildman–Crippen LogP) is -0.212. The van der Waals surface area contributed by atoms with Gasteiger partial charge in [-0.25, -0.2) is 4.68 Å². The molecule has 1 unspecified atom stereocenters. The number of nitrogens with one attached hydrogen (secondary N) is 1. The average Bonchev–Trinajstić information content (AvgIpc) is 2.65. The van der Waals surface area contributed by atoms with Crippen LogP contribution in [0.3, 0.4) is 0 Å². The first-order chi connectivity index (χ1) is 6.69. The zero-order chi connectivity index (χ0) is 10.6. The molecular formula is C8H12N4O2. The van der Waals surface area contributed by atoms with Crippen molar-refractivity contribution in [2.24, 2.45) is 0 Å². The highest BCUT2D eigenvalue weighted by atomic mass is 16.2. The molecule has 0 fully saturated rings. The van der Waals surface area contributed by atoms with Crippen LogP contribution in [0.1, 0.15) is 30.4 Å². The predicted molar refractivity (Wildman–Crippen MR) is 48.8 cm³/mol. The van der Waals surface area contributed by atoms with Gasteiger partial charge in [-0.05, 0) is 13.8 Å². The van der Waals surface area contributed by atoms with Gasteiger partial charge in [0.15, 0.2) is 6.29 Å². The summed E-state index contributed by atoms with van der Waals surface area (Å²) in [6.45, 7) is 4.09. The minimum atomic E-state index is -0.448. The van der Waals surface area contributed by atoms with Crippen molar-refractivity contribution in [3.8, 4) is 0 Å². The van der Waals surface area contributed by atoms with Crippen LogP contribution in [0.2, 0.25) is 0 Å². The van der Waals surface area contributed by atoms with E-state index in [2.05, 4.69) is 15.6 Å². The van der Waals surface area contributed by atoms with Gasteiger partial charge in [0.25, 0.3) is 0 Å². The minimum absolute atomic E-state index is 0.144. The van der Waals surface area contributed by atoms with Crippen LogP contribution in [0.4, 0.5) is 0 Å². The monoisotopic (exact) mass is 196 g/mol.